The van der Waals surface area contributed by atoms with Crippen LogP contribution in [0.3, 0.4) is 0 Å². The molecule has 6 aromatic rings. The number of ether oxygens (including phenoxy) is 1. The SMILES string of the molecule is O=C(OC(C(=O)c1c[nH]c2ccccc12)c1ccccc1)c1c2ccccc2cc2ccccc12. The van der Waals surface area contributed by atoms with Crippen molar-refractivity contribution in [2.24, 2.45) is 0 Å². The summed E-state index contributed by atoms with van der Waals surface area (Å²) < 4.78 is 6.07. The third-order valence-corrected chi connectivity index (χ3v) is 6.40. The van der Waals surface area contributed by atoms with Crippen molar-refractivity contribution in [3.63, 3.8) is 0 Å². The number of carbonyl (C=O) groups excluding carboxylic acids is 2. The number of rotatable bonds is 5. The first kappa shape index (κ1) is 20.9. The Morgan fingerprint density at radius 3 is 1.91 bits per heavy atom. The van der Waals surface area contributed by atoms with Gasteiger partial charge in [0.1, 0.15) is 0 Å². The molecule has 4 nitrogen and oxygen atoms in total. The fraction of sp³-hybridized carbons (Fsp3) is 0.0323. The second-order valence-corrected chi connectivity index (χ2v) is 8.50. The van der Waals surface area contributed by atoms with Gasteiger partial charge < -0.3 is 9.72 Å². The lowest BCUT2D eigenvalue weighted by Gasteiger charge is -2.19. The van der Waals surface area contributed by atoms with Gasteiger partial charge in [-0.2, -0.15) is 0 Å². The van der Waals surface area contributed by atoms with Gasteiger partial charge in [0.05, 0.1) is 5.56 Å². The number of fused-ring (bicyclic) bond motifs is 3. The van der Waals surface area contributed by atoms with Gasteiger partial charge >= 0.3 is 5.97 Å². The smallest absolute Gasteiger partial charge is 0.340 e. The van der Waals surface area contributed by atoms with Gasteiger partial charge in [0.2, 0.25) is 5.78 Å². The van der Waals surface area contributed by atoms with E-state index in [0.717, 1.165) is 32.4 Å². The fourth-order valence-electron chi connectivity index (χ4n) is 4.72. The van der Waals surface area contributed by atoms with Gasteiger partial charge in [-0.25, -0.2) is 4.79 Å². The lowest BCUT2D eigenvalue weighted by atomic mass is 9.96. The van der Waals surface area contributed by atoms with Crippen LogP contribution in [0.2, 0.25) is 0 Å². The van der Waals surface area contributed by atoms with Crippen molar-refractivity contribution in [2.45, 2.75) is 6.10 Å². The molecule has 0 aliphatic heterocycles. The Balaban J connectivity index is 1.48. The molecule has 0 radical (unpaired) electrons. The molecule has 0 saturated carbocycles. The summed E-state index contributed by atoms with van der Waals surface area (Å²) in [5.41, 5.74) is 2.44. The standard InChI is InChI=1S/C31H21NO3/c33-29(26-19-32-27-17-9-8-16-25(26)27)30(20-10-2-1-3-11-20)35-31(34)28-23-14-6-4-12-21(23)18-22-13-5-7-15-24(22)28/h1-19,30,32H. The van der Waals surface area contributed by atoms with Crippen molar-refractivity contribution in [2.75, 3.05) is 0 Å². The number of H-pyrrole nitrogens is 1. The monoisotopic (exact) mass is 455 g/mol. The molecule has 1 atom stereocenters. The Labute approximate surface area is 201 Å². The predicted molar refractivity (Wildman–Crippen MR) is 139 cm³/mol. The van der Waals surface area contributed by atoms with Crippen LogP contribution in [0, 0.1) is 0 Å². The highest BCUT2D eigenvalue weighted by atomic mass is 16.5. The van der Waals surface area contributed by atoms with E-state index in [2.05, 4.69) is 11.1 Å². The molecule has 0 bridgehead atoms. The molecule has 1 N–H and O–H groups in total. The van der Waals surface area contributed by atoms with E-state index in [0.29, 0.717) is 16.7 Å². The van der Waals surface area contributed by atoms with E-state index in [9.17, 15) is 9.59 Å². The molecule has 0 amide bonds. The van der Waals surface area contributed by atoms with E-state index in [4.69, 9.17) is 4.74 Å². The minimum absolute atomic E-state index is 0.272. The molecule has 0 aliphatic rings. The Morgan fingerprint density at radius 2 is 1.23 bits per heavy atom. The number of para-hydroxylation sites is 1. The maximum atomic E-state index is 13.8. The van der Waals surface area contributed by atoms with E-state index in [-0.39, 0.29) is 5.78 Å². The van der Waals surface area contributed by atoms with E-state index in [1.165, 1.54) is 0 Å². The minimum atomic E-state index is -1.08. The molecule has 0 fully saturated rings. The van der Waals surface area contributed by atoms with Crippen molar-refractivity contribution in [3.05, 3.63) is 132 Å². The summed E-state index contributed by atoms with van der Waals surface area (Å²) in [5, 5.41) is 4.27. The first-order chi connectivity index (χ1) is 17.2. The normalized spacial score (nSPS) is 12.1. The molecular weight excluding hydrogens is 434 g/mol. The highest BCUT2D eigenvalue weighted by Gasteiger charge is 2.29. The van der Waals surface area contributed by atoms with E-state index < -0.39 is 12.1 Å². The Kier molecular flexibility index (Phi) is 5.12. The van der Waals surface area contributed by atoms with Crippen LogP contribution in [0.25, 0.3) is 32.4 Å². The van der Waals surface area contributed by atoms with Crippen LogP contribution < -0.4 is 0 Å². The highest BCUT2D eigenvalue weighted by Crippen LogP contribution is 2.32. The number of benzene rings is 5. The summed E-state index contributed by atoms with van der Waals surface area (Å²) in [4.78, 5) is 30.8. The Hall–Kier alpha value is -4.70. The summed E-state index contributed by atoms with van der Waals surface area (Å²) in [6.07, 6.45) is 0.602. The third-order valence-electron chi connectivity index (χ3n) is 6.40. The van der Waals surface area contributed by atoms with Crippen LogP contribution in [0.1, 0.15) is 32.4 Å². The zero-order valence-electron chi connectivity index (χ0n) is 18.8. The second-order valence-electron chi connectivity index (χ2n) is 8.50. The molecule has 4 heteroatoms. The lowest BCUT2D eigenvalue weighted by molar-refractivity contribution is 0.0284. The molecule has 6 rings (SSSR count). The van der Waals surface area contributed by atoms with Crippen molar-refractivity contribution in [1.29, 1.82) is 0 Å². The van der Waals surface area contributed by atoms with Crippen molar-refractivity contribution >= 4 is 44.2 Å². The summed E-state index contributed by atoms with van der Waals surface area (Å²) >= 11 is 0. The van der Waals surface area contributed by atoms with Crippen LogP contribution in [0.15, 0.2) is 115 Å². The van der Waals surface area contributed by atoms with Gasteiger partial charge in [-0.1, -0.05) is 97.1 Å². The van der Waals surface area contributed by atoms with Crippen LogP contribution in [-0.2, 0) is 4.74 Å². The number of aromatic nitrogens is 1. The summed E-state index contributed by atoms with van der Waals surface area (Å²) in [5.74, 6) is -0.799. The summed E-state index contributed by atoms with van der Waals surface area (Å²) in [6.45, 7) is 0. The molecule has 1 aromatic heterocycles. The zero-order valence-corrected chi connectivity index (χ0v) is 18.8. The number of ketones is 1. The molecule has 0 saturated heterocycles. The van der Waals surface area contributed by atoms with Crippen LogP contribution >= 0.6 is 0 Å². The fourth-order valence-corrected chi connectivity index (χ4v) is 4.72. The first-order valence-corrected chi connectivity index (χ1v) is 11.5. The van der Waals surface area contributed by atoms with Gasteiger partial charge in [-0.05, 0) is 33.7 Å². The topological polar surface area (TPSA) is 59.2 Å². The minimum Gasteiger partial charge on any atom is -0.445 e. The maximum absolute atomic E-state index is 13.8. The Morgan fingerprint density at radius 1 is 0.657 bits per heavy atom. The van der Waals surface area contributed by atoms with E-state index >= 15 is 0 Å². The van der Waals surface area contributed by atoms with Crippen LogP contribution in [0.5, 0.6) is 0 Å². The number of aromatic amines is 1. The molecule has 1 heterocycles. The largest absolute Gasteiger partial charge is 0.445 e. The highest BCUT2D eigenvalue weighted by molar-refractivity contribution is 6.17. The molecular formula is C31H21NO3. The van der Waals surface area contributed by atoms with Crippen molar-refractivity contribution in [3.8, 4) is 0 Å². The molecule has 0 aliphatic carbocycles. The number of nitrogens with one attached hydrogen (secondary N) is 1. The molecule has 0 spiro atoms. The number of Topliss-reactive ketones (excluding diaryl/α,β-unsaturated/α-hetero) is 1. The van der Waals surface area contributed by atoms with E-state index in [1.54, 1.807) is 6.20 Å². The summed E-state index contributed by atoms with van der Waals surface area (Å²) in [6, 6.07) is 34.3. The quantitative estimate of drug-likeness (QED) is 0.169. The number of esters is 1. The third kappa shape index (κ3) is 3.65. The number of hydrogen-bond acceptors (Lipinski definition) is 3. The molecule has 1 unspecified atom stereocenters. The van der Waals surface area contributed by atoms with Gasteiger partial charge in [0, 0.05) is 28.2 Å². The zero-order chi connectivity index (χ0) is 23.8. The maximum Gasteiger partial charge on any atom is 0.340 e. The molecule has 168 valence electrons. The van der Waals surface area contributed by atoms with Crippen molar-refractivity contribution < 1.29 is 14.3 Å². The molecule has 5 aromatic carbocycles. The van der Waals surface area contributed by atoms with Crippen molar-refractivity contribution in [1.82, 2.24) is 4.98 Å². The lowest BCUT2D eigenvalue weighted by Crippen LogP contribution is -2.20. The predicted octanol–water partition coefficient (Wildman–Crippen LogP) is 7.26. The Bertz CT molecular complexity index is 1660. The average Bonchev–Trinajstić information content (AvgIpc) is 3.34. The second kappa shape index (κ2) is 8.58. The number of carbonyl (C=O) groups is 2. The van der Waals surface area contributed by atoms with Gasteiger partial charge in [0.25, 0.3) is 0 Å². The number of hydrogen-bond donors (Lipinski definition) is 1. The van der Waals surface area contributed by atoms with Gasteiger partial charge in [-0.15, -0.1) is 0 Å². The summed E-state index contributed by atoms with van der Waals surface area (Å²) in [7, 11) is 0. The van der Waals surface area contributed by atoms with Gasteiger partial charge in [-0.3, -0.25) is 4.79 Å². The first-order valence-electron chi connectivity index (χ1n) is 11.5. The van der Waals surface area contributed by atoms with Gasteiger partial charge in [0.15, 0.2) is 6.10 Å². The average molecular weight is 456 g/mol. The molecule has 35 heavy (non-hydrogen) atoms. The van der Waals surface area contributed by atoms with Crippen LogP contribution in [0.4, 0.5) is 0 Å². The van der Waals surface area contributed by atoms with Crippen LogP contribution in [-0.4, -0.2) is 16.7 Å². The van der Waals surface area contributed by atoms with E-state index in [1.807, 2.05) is 103 Å².